The Morgan fingerprint density at radius 3 is 2.84 bits per heavy atom. The first kappa shape index (κ1) is 14.3. The summed E-state index contributed by atoms with van der Waals surface area (Å²) < 4.78 is 5.13. The highest BCUT2D eigenvalue weighted by Gasteiger charge is 2.13. The summed E-state index contributed by atoms with van der Waals surface area (Å²) in [7, 11) is 0. The molecule has 0 fully saturated rings. The lowest BCUT2D eigenvalue weighted by Crippen LogP contribution is -2.13. The minimum atomic E-state index is -0.211. The molecule has 102 valence electrons. The van der Waals surface area contributed by atoms with Crippen molar-refractivity contribution in [3.63, 3.8) is 0 Å². The lowest BCUT2D eigenvalue weighted by atomic mass is 10.3. The van der Waals surface area contributed by atoms with Crippen LogP contribution in [0, 0.1) is 13.8 Å². The van der Waals surface area contributed by atoms with Crippen LogP contribution in [-0.4, -0.2) is 27.8 Å². The molecule has 6 heteroatoms. The Hall–Kier alpha value is -1.14. The molecule has 0 atom stereocenters. The number of thioether (sulfide) groups is 1. The van der Waals surface area contributed by atoms with E-state index < -0.39 is 0 Å². The Morgan fingerprint density at radius 2 is 2.16 bits per heavy atom. The number of aryl methyl sites for hydroxylation is 2. The van der Waals surface area contributed by atoms with Crippen LogP contribution in [0.3, 0.4) is 0 Å². The molecular formula is C13H16N2O2S2. The second-order valence-corrected chi connectivity index (χ2v) is 6.32. The molecule has 0 amide bonds. The van der Waals surface area contributed by atoms with Crippen molar-refractivity contribution >= 4 is 39.3 Å². The molecule has 2 heterocycles. The standard InChI is InChI=1S/C13H16N2O2S2/c1-7(2)17-10(16)6-19-13-11-8(3)5-18-12(11)14-9(4)15-13/h5,7H,6H2,1-4H3. The van der Waals surface area contributed by atoms with Crippen molar-refractivity contribution in [2.45, 2.75) is 38.8 Å². The quantitative estimate of drug-likeness (QED) is 0.492. The third-order valence-corrected chi connectivity index (χ3v) is 4.33. The van der Waals surface area contributed by atoms with E-state index >= 15 is 0 Å². The molecular weight excluding hydrogens is 280 g/mol. The van der Waals surface area contributed by atoms with Crippen molar-refractivity contribution in [2.75, 3.05) is 5.75 Å². The number of ether oxygens (including phenoxy) is 1. The van der Waals surface area contributed by atoms with E-state index in [-0.39, 0.29) is 17.8 Å². The highest BCUT2D eigenvalue weighted by atomic mass is 32.2. The van der Waals surface area contributed by atoms with Gasteiger partial charge in [-0.25, -0.2) is 9.97 Å². The molecule has 0 aliphatic heterocycles. The number of carbonyl (C=O) groups excluding carboxylic acids is 1. The summed E-state index contributed by atoms with van der Waals surface area (Å²) >= 11 is 3.02. The Labute approximate surface area is 120 Å². The van der Waals surface area contributed by atoms with Crippen molar-refractivity contribution in [3.8, 4) is 0 Å². The van der Waals surface area contributed by atoms with Gasteiger partial charge in [-0.1, -0.05) is 11.8 Å². The summed E-state index contributed by atoms with van der Waals surface area (Å²) in [5.41, 5.74) is 1.15. The predicted octanol–water partition coefficient (Wildman–Crippen LogP) is 3.35. The van der Waals surface area contributed by atoms with Gasteiger partial charge < -0.3 is 4.74 Å². The molecule has 2 aromatic heterocycles. The maximum absolute atomic E-state index is 11.6. The van der Waals surface area contributed by atoms with Crippen LogP contribution >= 0.6 is 23.1 Å². The van der Waals surface area contributed by atoms with E-state index in [0.717, 1.165) is 26.6 Å². The van der Waals surface area contributed by atoms with E-state index in [2.05, 4.69) is 15.3 Å². The Morgan fingerprint density at radius 1 is 1.42 bits per heavy atom. The third kappa shape index (κ3) is 3.45. The molecule has 0 aliphatic carbocycles. The molecule has 19 heavy (non-hydrogen) atoms. The van der Waals surface area contributed by atoms with Gasteiger partial charge in [0.2, 0.25) is 0 Å². The number of esters is 1. The highest BCUT2D eigenvalue weighted by molar-refractivity contribution is 8.00. The van der Waals surface area contributed by atoms with Crippen LogP contribution in [0.1, 0.15) is 25.2 Å². The molecule has 4 nitrogen and oxygen atoms in total. The molecule has 0 bridgehead atoms. The number of nitrogens with zero attached hydrogens (tertiary/aromatic N) is 2. The van der Waals surface area contributed by atoms with Crippen molar-refractivity contribution < 1.29 is 9.53 Å². The van der Waals surface area contributed by atoms with Crippen LogP contribution in [0.2, 0.25) is 0 Å². The average molecular weight is 296 g/mol. The second-order valence-electron chi connectivity index (χ2n) is 4.50. The SMILES string of the molecule is Cc1nc(SCC(=O)OC(C)C)c2c(C)csc2n1. The third-order valence-electron chi connectivity index (χ3n) is 2.39. The first-order chi connectivity index (χ1) is 8.97. The number of aromatic nitrogens is 2. The van der Waals surface area contributed by atoms with Crippen LogP contribution in [0.5, 0.6) is 0 Å². The lowest BCUT2D eigenvalue weighted by Gasteiger charge is -2.08. The molecule has 0 aromatic carbocycles. The maximum Gasteiger partial charge on any atom is 0.316 e. The zero-order valence-electron chi connectivity index (χ0n) is 11.4. The highest BCUT2D eigenvalue weighted by Crippen LogP contribution is 2.31. The van der Waals surface area contributed by atoms with Crippen LogP contribution in [-0.2, 0) is 9.53 Å². The van der Waals surface area contributed by atoms with Gasteiger partial charge in [-0.3, -0.25) is 4.79 Å². The molecule has 0 N–H and O–H groups in total. The van der Waals surface area contributed by atoms with Crippen LogP contribution < -0.4 is 0 Å². The number of rotatable bonds is 4. The minimum Gasteiger partial charge on any atom is -0.462 e. The zero-order valence-corrected chi connectivity index (χ0v) is 13.0. The van der Waals surface area contributed by atoms with E-state index in [0.29, 0.717) is 0 Å². The zero-order chi connectivity index (χ0) is 14.0. The van der Waals surface area contributed by atoms with Gasteiger partial charge in [0.1, 0.15) is 15.7 Å². The van der Waals surface area contributed by atoms with E-state index in [1.165, 1.54) is 11.8 Å². The molecule has 0 radical (unpaired) electrons. The van der Waals surface area contributed by atoms with Gasteiger partial charge in [0, 0.05) is 5.39 Å². The number of fused-ring (bicyclic) bond motifs is 1. The largest absolute Gasteiger partial charge is 0.462 e. The number of hydrogen-bond acceptors (Lipinski definition) is 6. The number of carbonyl (C=O) groups is 1. The molecule has 0 unspecified atom stereocenters. The van der Waals surface area contributed by atoms with Crippen molar-refractivity contribution in [2.24, 2.45) is 0 Å². The van der Waals surface area contributed by atoms with Gasteiger partial charge >= 0.3 is 5.97 Å². The summed E-state index contributed by atoms with van der Waals surface area (Å²) in [5.74, 6) is 0.797. The second kappa shape index (κ2) is 5.88. The fourth-order valence-electron chi connectivity index (χ4n) is 1.68. The maximum atomic E-state index is 11.6. The fourth-order valence-corrected chi connectivity index (χ4v) is 3.63. The first-order valence-corrected chi connectivity index (χ1v) is 7.88. The molecule has 0 aliphatic rings. The minimum absolute atomic E-state index is 0.0804. The number of hydrogen-bond donors (Lipinski definition) is 0. The summed E-state index contributed by atoms with van der Waals surface area (Å²) in [5, 5.41) is 3.98. The van der Waals surface area contributed by atoms with E-state index in [4.69, 9.17) is 4.74 Å². The van der Waals surface area contributed by atoms with Crippen molar-refractivity contribution in [1.82, 2.24) is 9.97 Å². The Balaban J connectivity index is 2.20. The molecule has 2 aromatic rings. The molecule has 0 saturated heterocycles. The average Bonchev–Trinajstić information content (AvgIpc) is 2.67. The Bertz CT molecular complexity index is 608. The summed E-state index contributed by atoms with van der Waals surface area (Å²) in [6.45, 7) is 7.59. The summed E-state index contributed by atoms with van der Waals surface area (Å²) in [6, 6.07) is 0. The van der Waals surface area contributed by atoms with Crippen LogP contribution in [0.4, 0.5) is 0 Å². The van der Waals surface area contributed by atoms with Gasteiger partial charge in [0.05, 0.1) is 11.9 Å². The summed E-state index contributed by atoms with van der Waals surface area (Å²) in [6.07, 6.45) is -0.0804. The van der Waals surface area contributed by atoms with Gasteiger partial charge in [-0.15, -0.1) is 11.3 Å². The number of thiophene rings is 1. The van der Waals surface area contributed by atoms with Crippen molar-refractivity contribution in [3.05, 3.63) is 16.8 Å². The molecule has 2 rings (SSSR count). The van der Waals surface area contributed by atoms with Gasteiger partial charge in [0.25, 0.3) is 0 Å². The lowest BCUT2D eigenvalue weighted by molar-refractivity contribution is -0.144. The van der Waals surface area contributed by atoms with Gasteiger partial charge in [-0.2, -0.15) is 0 Å². The van der Waals surface area contributed by atoms with E-state index in [1.807, 2.05) is 27.7 Å². The van der Waals surface area contributed by atoms with Gasteiger partial charge in [0.15, 0.2) is 0 Å². The molecule has 0 saturated carbocycles. The smallest absolute Gasteiger partial charge is 0.316 e. The normalized spacial score (nSPS) is 11.2. The predicted molar refractivity (Wildman–Crippen MR) is 78.8 cm³/mol. The van der Waals surface area contributed by atoms with E-state index in [1.54, 1.807) is 11.3 Å². The van der Waals surface area contributed by atoms with E-state index in [9.17, 15) is 4.79 Å². The fraction of sp³-hybridized carbons (Fsp3) is 0.462. The van der Waals surface area contributed by atoms with Crippen LogP contribution in [0.15, 0.2) is 10.4 Å². The van der Waals surface area contributed by atoms with Crippen LogP contribution in [0.25, 0.3) is 10.2 Å². The van der Waals surface area contributed by atoms with Gasteiger partial charge in [-0.05, 0) is 38.6 Å². The first-order valence-electron chi connectivity index (χ1n) is 6.02. The summed E-state index contributed by atoms with van der Waals surface area (Å²) in [4.78, 5) is 21.4. The topological polar surface area (TPSA) is 52.1 Å². The Kier molecular flexibility index (Phi) is 4.42. The van der Waals surface area contributed by atoms with Crippen molar-refractivity contribution in [1.29, 1.82) is 0 Å². The monoisotopic (exact) mass is 296 g/mol. The molecule has 0 spiro atoms.